The molecule has 22 heavy (non-hydrogen) atoms. The number of ether oxygens (including phenoxy) is 2. The van der Waals surface area contributed by atoms with E-state index < -0.39 is 5.97 Å². The van der Waals surface area contributed by atoms with Gasteiger partial charge in [-0.15, -0.1) is 0 Å². The maximum Gasteiger partial charge on any atom is 0.356 e. The smallest absolute Gasteiger partial charge is 0.356 e. The highest BCUT2D eigenvalue weighted by atomic mass is 16.5. The number of carbonyl (C=O) groups excluding carboxylic acids is 1. The number of aromatic nitrogens is 2. The number of anilines is 1. The molecule has 6 nitrogen and oxygen atoms in total. The van der Waals surface area contributed by atoms with Gasteiger partial charge in [0.15, 0.2) is 5.69 Å². The molecule has 2 aromatic heterocycles. The lowest BCUT2D eigenvalue weighted by Gasteiger charge is -2.07. The van der Waals surface area contributed by atoms with Crippen LogP contribution in [-0.4, -0.2) is 22.0 Å². The van der Waals surface area contributed by atoms with Gasteiger partial charge >= 0.3 is 5.97 Å². The van der Waals surface area contributed by atoms with Crippen LogP contribution in [0.2, 0.25) is 0 Å². The Morgan fingerprint density at radius 2 is 2.00 bits per heavy atom. The van der Waals surface area contributed by atoms with E-state index >= 15 is 0 Å². The number of benzene rings is 1. The number of rotatable bonds is 4. The van der Waals surface area contributed by atoms with Gasteiger partial charge in [-0.25, -0.2) is 9.78 Å². The number of fused-ring (bicyclic) bond motifs is 1. The van der Waals surface area contributed by atoms with E-state index in [4.69, 9.17) is 15.2 Å². The third-order valence-corrected chi connectivity index (χ3v) is 3.09. The second-order valence-electron chi connectivity index (χ2n) is 4.63. The van der Waals surface area contributed by atoms with Crippen molar-refractivity contribution in [2.45, 2.75) is 6.92 Å². The molecule has 0 aliphatic rings. The summed E-state index contributed by atoms with van der Waals surface area (Å²) in [5.74, 6) is 0.899. The van der Waals surface area contributed by atoms with Crippen LogP contribution < -0.4 is 10.5 Å². The van der Waals surface area contributed by atoms with Crippen molar-refractivity contribution >= 4 is 17.3 Å². The molecule has 0 unspecified atom stereocenters. The molecule has 3 aromatic rings. The summed E-state index contributed by atoms with van der Waals surface area (Å²) in [5.41, 5.74) is 7.31. The van der Waals surface area contributed by atoms with Crippen LogP contribution in [0.4, 0.5) is 5.69 Å². The fraction of sp³-hybridized carbons (Fsp3) is 0.125. The maximum absolute atomic E-state index is 11.8. The Kier molecular flexibility index (Phi) is 3.65. The molecule has 0 spiro atoms. The number of nitrogens with zero attached hydrogens (tertiary/aromatic N) is 2. The van der Waals surface area contributed by atoms with Gasteiger partial charge < -0.3 is 15.2 Å². The van der Waals surface area contributed by atoms with Crippen LogP contribution in [0.1, 0.15) is 17.4 Å². The fourth-order valence-electron chi connectivity index (χ4n) is 2.05. The van der Waals surface area contributed by atoms with Gasteiger partial charge in [0.1, 0.15) is 17.1 Å². The summed E-state index contributed by atoms with van der Waals surface area (Å²) in [6, 6.07) is 10.6. The number of hydrogen-bond donors (Lipinski definition) is 1. The normalized spacial score (nSPS) is 10.6. The van der Waals surface area contributed by atoms with Crippen molar-refractivity contribution in [2.75, 3.05) is 12.3 Å². The minimum atomic E-state index is -0.401. The lowest BCUT2D eigenvalue weighted by atomic mass is 10.3. The standard InChI is InChI=1S/C16H15N3O3/c1-2-21-16(20)14-10-18-15-9-13(7-8-19(14)15)22-12-5-3-11(17)4-6-12/h3-10H,2,17H2,1H3. The molecule has 0 amide bonds. The van der Waals surface area contributed by atoms with Crippen LogP contribution in [0.3, 0.4) is 0 Å². The summed E-state index contributed by atoms with van der Waals surface area (Å²) in [6.45, 7) is 2.09. The van der Waals surface area contributed by atoms with Gasteiger partial charge in [0.05, 0.1) is 12.8 Å². The van der Waals surface area contributed by atoms with Crippen molar-refractivity contribution in [1.82, 2.24) is 9.38 Å². The van der Waals surface area contributed by atoms with E-state index in [-0.39, 0.29) is 0 Å². The Bertz CT molecular complexity index is 809. The van der Waals surface area contributed by atoms with E-state index in [1.807, 2.05) is 0 Å². The zero-order chi connectivity index (χ0) is 15.5. The van der Waals surface area contributed by atoms with Crippen molar-refractivity contribution in [3.8, 4) is 11.5 Å². The Morgan fingerprint density at radius 1 is 1.23 bits per heavy atom. The molecule has 2 heterocycles. The number of hydrogen-bond acceptors (Lipinski definition) is 5. The first kappa shape index (κ1) is 13.9. The molecule has 0 aliphatic heterocycles. The number of nitrogens with two attached hydrogens (primary N) is 1. The van der Waals surface area contributed by atoms with E-state index in [2.05, 4.69) is 4.98 Å². The average molecular weight is 297 g/mol. The molecule has 0 bridgehead atoms. The molecule has 2 N–H and O–H groups in total. The highest BCUT2D eigenvalue weighted by Gasteiger charge is 2.13. The van der Waals surface area contributed by atoms with Crippen LogP contribution in [-0.2, 0) is 4.74 Å². The molecular formula is C16H15N3O3. The zero-order valence-corrected chi connectivity index (χ0v) is 12.0. The molecule has 0 saturated heterocycles. The Morgan fingerprint density at radius 3 is 2.73 bits per heavy atom. The Labute approximate surface area is 127 Å². The minimum Gasteiger partial charge on any atom is -0.461 e. The number of carbonyl (C=O) groups is 1. The van der Waals surface area contributed by atoms with Gasteiger partial charge in [0.2, 0.25) is 0 Å². The number of esters is 1. The summed E-state index contributed by atoms with van der Waals surface area (Å²) >= 11 is 0. The SMILES string of the molecule is CCOC(=O)c1cnc2cc(Oc3ccc(N)cc3)ccn12. The van der Waals surface area contributed by atoms with Crippen molar-refractivity contribution in [3.63, 3.8) is 0 Å². The second kappa shape index (κ2) is 5.77. The van der Waals surface area contributed by atoms with E-state index in [1.54, 1.807) is 53.9 Å². The van der Waals surface area contributed by atoms with E-state index in [9.17, 15) is 4.79 Å². The van der Waals surface area contributed by atoms with Gasteiger partial charge in [-0.2, -0.15) is 0 Å². The molecule has 0 atom stereocenters. The lowest BCUT2D eigenvalue weighted by molar-refractivity contribution is 0.0518. The predicted molar refractivity (Wildman–Crippen MR) is 82.1 cm³/mol. The third-order valence-electron chi connectivity index (χ3n) is 3.09. The topological polar surface area (TPSA) is 78.8 Å². The first-order valence-electron chi connectivity index (χ1n) is 6.85. The van der Waals surface area contributed by atoms with Crippen molar-refractivity contribution in [2.24, 2.45) is 0 Å². The Hall–Kier alpha value is -3.02. The molecule has 112 valence electrons. The third kappa shape index (κ3) is 2.71. The predicted octanol–water partition coefficient (Wildman–Crippen LogP) is 2.89. The average Bonchev–Trinajstić information content (AvgIpc) is 2.93. The van der Waals surface area contributed by atoms with E-state index in [0.29, 0.717) is 35.1 Å². The van der Waals surface area contributed by atoms with E-state index in [0.717, 1.165) is 0 Å². The van der Waals surface area contributed by atoms with Crippen molar-refractivity contribution in [1.29, 1.82) is 0 Å². The van der Waals surface area contributed by atoms with Crippen molar-refractivity contribution < 1.29 is 14.3 Å². The van der Waals surface area contributed by atoms with Crippen LogP contribution in [0.25, 0.3) is 5.65 Å². The number of pyridine rings is 1. The molecule has 1 aromatic carbocycles. The number of imidazole rings is 1. The highest BCUT2D eigenvalue weighted by molar-refractivity contribution is 5.88. The zero-order valence-electron chi connectivity index (χ0n) is 12.0. The van der Waals surface area contributed by atoms with Gasteiger partial charge in [-0.1, -0.05) is 0 Å². The molecule has 0 saturated carbocycles. The fourth-order valence-corrected chi connectivity index (χ4v) is 2.05. The van der Waals surface area contributed by atoms with Crippen LogP contribution in [0.15, 0.2) is 48.8 Å². The Balaban J connectivity index is 1.87. The molecule has 3 rings (SSSR count). The summed E-state index contributed by atoms with van der Waals surface area (Å²) in [4.78, 5) is 16.0. The maximum atomic E-state index is 11.8. The first-order valence-corrected chi connectivity index (χ1v) is 6.85. The molecule has 0 aliphatic carbocycles. The van der Waals surface area contributed by atoms with Gasteiger partial charge in [-0.05, 0) is 37.3 Å². The highest BCUT2D eigenvalue weighted by Crippen LogP contribution is 2.23. The van der Waals surface area contributed by atoms with Crippen LogP contribution in [0.5, 0.6) is 11.5 Å². The summed E-state index contributed by atoms with van der Waals surface area (Å²) in [6.07, 6.45) is 3.21. The van der Waals surface area contributed by atoms with Crippen LogP contribution in [0, 0.1) is 0 Å². The van der Waals surface area contributed by atoms with E-state index in [1.165, 1.54) is 6.20 Å². The van der Waals surface area contributed by atoms with Crippen molar-refractivity contribution in [3.05, 3.63) is 54.5 Å². The summed E-state index contributed by atoms with van der Waals surface area (Å²) < 4.78 is 12.4. The largest absolute Gasteiger partial charge is 0.461 e. The summed E-state index contributed by atoms with van der Waals surface area (Å²) in [7, 11) is 0. The lowest BCUT2D eigenvalue weighted by Crippen LogP contribution is -2.07. The minimum absolute atomic E-state index is 0.324. The second-order valence-corrected chi connectivity index (χ2v) is 4.63. The van der Waals surface area contributed by atoms with Gasteiger partial charge in [0.25, 0.3) is 0 Å². The van der Waals surface area contributed by atoms with Gasteiger partial charge in [0, 0.05) is 18.0 Å². The van der Waals surface area contributed by atoms with Crippen LogP contribution >= 0.6 is 0 Å². The molecular weight excluding hydrogens is 282 g/mol. The summed E-state index contributed by atoms with van der Waals surface area (Å²) in [5, 5.41) is 0. The number of nitrogen functional groups attached to an aromatic ring is 1. The van der Waals surface area contributed by atoms with Gasteiger partial charge in [-0.3, -0.25) is 4.40 Å². The quantitative estimate of drug-likeness (QED) is 0.591. The monoisotopic (exact) mass is 297 g/mol. The molecule has 0 radical (unpaired) electrons. The molecule has 0 fully saturated rings. The molecule has 6 heteroatoms. The first-order chi connectivity index (χ1) is 10.7.